The third kappa shape index (κ3) is 4.19. The van der Waals surface area contributed by atoms with E-state index < -0.39 is 5.97 Å². The number of rotatable bonds is 4. The van der Waals surface area contributed by atoms with Crippen molar-refractivity contribution in [2.24, 2.45) is 0 Å². The molecule has 0 radical (unpaired) electrons. The Balaban J connectivity index is 2.09. The van der Waals surface area contributed by atoms with Crippen molar-refractivity contribution < 1.29 is 14.3 Å². The van der Waals surface area contributed by atoms with Crippen LogP contribution in [0.5, 0.6) is 0 Å². The van der Waals surface area contributed by atoms with Gasteiger partial charge in [0.15, 0.2) is 0 Å². The number of esters is 1. The molecule has 0 saturated carbocycles. The van der Waals surface area contributed by atoms with Crippen LogP contribution in [0.4, 0.5) is 5.00 Å². The Morgan fingerprint density at radius 3 is 2.59 bits per heavy atom. The lowest BCUT2D eigenvalue weighted by Crippen LogP contribution is -2.10. The zero-order valence-electron chi connectivity index (χ0n) is 12.1. The van der Waals surface area contributed by atoms with E-state index in [1.54, 1.807) is 36.4 Å². The highest BCUT2D eigenvalue weighted by Gasteiger charge is 2.16. The second-order valence-corrected chi connectivity index (χ2v) is 6.16. The van der Waals surface area contributed by atoms with Gasteiger partial charge < -0.3 is 10.1 Å². The summed E-state index contributed by atoms with van der Waals surface area (Å²) < 4.78 is 4.70. The van der Waals surface area contributed by atoms with Gasteiger partial charge in [0.05, 0.1) is 12.7 Å². The van der Waals surface area contributed by atoms with Crippen LogP contribution in [0.2, 0.25) is 5.02 Å². The number of carbonyl (C=O) groups excluding carboxylic acids is 2. The molecule has 1 aromatic carbocycles. The molecule has 0 aliphatic rings. The van der Waals surface area contributed by atoms with Gasteiger partial charge in [-0.25, -0.2) is 4.79 Å². The number of carbonyl (C=O) groups is 2. The van der Waals surface area contributed by atoms with Crippen molar-refractivity contribution in [3.63, 3.8) is 0 Å². The van der Waals surface area contributed by atoms with E-state index in [1.165, 1.54) is 24.5 Å². The molecule has 1 N–H and O–H groups in total. The highest BCUT2D eigenvalue weighted by atomic mass is 35.5. The van der Waals surface area contributed by atoms with Gasteiger partial charge in [0.25, 0.3) is 0 Å². The first kappa shape index (κ1) is 16.3. The second-order valence-electron chi connectivity index (χ2n) is 4.47. The second kappa shape index (κ2) is 7.24. The summed E-state index contributed by atoms with van der Waals surface area (Å²) in [5.41, 5.74) is 1.22. The third-order valence-electron chi connectivity index (χ3n) is 2.79. The highest BCUT2D eigenvalue weighted by molar-refractivity contribution is 7.16. The number of nitrogens with one attached hydrogen (secondary N) is 1. The predicted octanol–water partition coefficient (Wildman–Crippen LogP) is 4.15. The molecule has 4 nitrogen and oxygen atoms in total. The molecule has 0 fully saturated rings. The maximum atomic E-state index is 12.0. The SMILES string of the molecule is COC(=O)c1cc(C)sc1NC(=O)/C=C/c1ccc(Cl)cc1. The van der Waals surface area contributed by atoms with Crippen LogP contribution in [0, 0.1) is 6.92 Å². The van der Waals surface area contributed by atoms with Crippen molar-refractivity contribution in [1.29, 1.82) is 0 Å². The Kier molecular flexibility index (Phi) is 5.35. The van der Waals surface area contributed by atoms with Crippen LogP contribution < -0.4 is 5.32 Å². The molecule has 2 rings (SSSR count). The van der Waals surface area contributed by atoms with E-state index in [0.29, 0.717) is 15.6 Å². The molecule has 2 aromatic rings. The van der Waals surface area contributed by atoms with Crippen LogP contribution in [0.15, 0.2) is 36.4 Å². The minimum absolute atomic E-state index is 0.318. The van der Waals surface area contributed by atoms with Crippen molar-refractivity contribution in [2.45, 2.75) is 6.92 Å². The number of benzene rings is 1. The summed E-state index contributed by atoms with van der Waals surface area (Å²) in [7, 11) is 1.31. The average molecular weight is 336 g/mol. The molecule has 114 valence electrons. The lowest BCUT2D eigenvalue weighted by atomic mass is 10.2. The van der Waals surface area contributed by atoms with Crippen LogP contribution in [-0.2, 0) is 9.53 Å². The molecule has 1 aromatic heterocycles. The molecular weight excluding hydrogens is 322 g/mol. The van der Waals surface area contributed by atoms with E-state index >= 15 is 0 Å². The van der Waals surface area contributed by atoms with Crippen molar-refractivity contribution >= 4 is 45.9 Å². The van der Waals surface area contributed by atoms with Gasteiger partial charge >= 0.3 is 5.97 Å². The standard InChI is InChI=1S/C16H14ClNO3S/c1-10-9-13(16(20)21-2)15(22-10)18-14(19)8-5-11-3-6-12(17)7-4-11/h3-9H,1-2H3,(H,18,19)/b8-5+. The number of halogens is 1. The molecule has 6 heteroatoms. The number of hydrogen-bond donors (Lipinski definition) is 1. The Morgan fingerprint density at radius 1 is 1.27 bits per heavy atom. The molecular formula is C16H14ClNO3S. The fourth-order valence-corrected chi connectivity index (χ4v) is 2.80. The van der Waals surface area contributed by atoms with E-state index in [1.807, 2.05) is 6.92 Å². The van der Waals surface area contributed by atoms with Crippen molar-refractivity contribution in [3.05, 3.63) is 57.4 Å². The first-order chi connectivity index (χ1) is 10.5. The van der Waals surface area contributed by atoms with Crippen LogP contribution >= 0.6 is 22.9 Å². The van der Waals surface area contributed by atoms with Gasteiger partial charge in [-0.05, 0) is 36.8 Å². The number of amides is 1. The van der Waals surface area contributed by atoms with Gasteiger partial charge in [-0.3, -0.25) is 4.79 Å². The summed E-state index contributed by atoms with van der Waals surface area (Å²) >= 11 is 7.12. The normalized spacial score (nSPS) is 10.7. The van der Waals surface area contributed by atoms with Crippen LogP contribution in [0.3, 0.4) is 0 Å². The Labute approximate surface area is 137 Å². The maximum absolute atomic E-state index is 12.0. The minimum Gasteiger partial charge on any atom is -0.465 e. The minimum atomic E-state index is -0.471. The summed E-state index contributed by atoms with van der Waals surface area (Å²) in [5, 5.41) is 3.81. The largest absolute Gasteiger partial charge is 0.465 e. The van der Waals surface area contributed by atoms with E-state index in [0.717, 1.165) is 10.4 Å². The zero-order chi connectivity index (χ0) is 16.1. The first-order valence-corrected chi connectivity index (χ1v) is 7.62. The molecule has 0 unspecified atom stereocenters. The molecule has 0 atom stereocenters. The zero-order valence-corrected chi connectivity index (χ0v) is 13.6. The van der Waals surface area contributed by atoms with Gasteiger partial charge in [0.2, 0.25) is 5.91 Å². The average Bonchev–Trinajstić information content (AvgIpc) is 2.86. The third-order valence-corrected chi connectivity index (χ3v) is 4.01. The quantitative estimate of drug-likeness (QED) is 0.674. The van der Waals surface area contributed by atoms with Gasteiger partial charge in [-0.2, -0.15) is 0 Å². The topological polar surface area (TPSA) is 55.4 Å². The summed E-state index contributed by atoms with van der Waals surface area (Å²) in [5.74, 6) is -0.789. The van der Waals surface area contributed by atoms with Gasteiger partial charge in [0, 0.05) is 16.0 Å². The summed E-state index contributed by atoms with van der Waals surface area (Å²) in [6.07, 6.45) is 3.07. The molecule has 0 aliphatic carbocycles. The lowest BCUT2D eigenvalue weighted by Gasteiger charge is -2.02. The Bertz CT molecular complexity index is 719. The van der Waals surface area contributed by atoms with Crippen LogP contribution in [0.25, 0.3) is 6.08 Å². The summed E-state index contributed by atoms with van der Waals surface area (Å²) in [6.45, 7) is 1.86. The smallest absolute Gasteiger partial charge is 0.340 e. The molecule has 0 bridgehead atoms. The van der Waals surface area contributed by atoms with E-state index in [4.69, 9.17) is 16.3 Å². The van der Waals surface area contributed by atoms with Crippen molar-refractivity contribution in [1.82, 2.24) is 0 Å². The summed E-state index contributed by atoms with van der Waals surface area (Å²) in [4.78, 5) is 24.5. The van der Waals surface area contributed by atoms with Crippen LogP contribution in [0.1, 0.15) is 20.8 Å². The fourth-order valence-electron chi connectivity index (χ4n) is 1.77. The molecule has 22 heavy (non-hydrogen) atoms. The fraction of sp³-hybridized carbons (Fsp3) is 0.125. The highest BCUT2D eigenvalue weighted by Crippen LogP contribution is 2.28. The monoisotopic (exact) mass is 335 g/mol. The number of thiophene rings is 1. The van der Waals surface area contributed by atoms with Gasteiger partial charge in [-0.1, -0.05) is 23.7 Å². The number of ether oxygens (including phenoxy) is 1. The Morgan fingerprint density at radius 2 is 1.95 bits per heavy atom. The first-order valence-electron chi connectivity index (χ1n) is 6.43. The molecule has 0 spiro atoms. The number of anilines is 1. The number of aryl methyl sites for hydroxylation is 1. The predicted molar refractivity (Wildman–Crippen MR) is 89.5 cm³/mol. The Hall–Kier alpha value is -2.11. The van der Waals surface area contributed by atoms with Crippen molar-refractivity contribution in [3.8, 4) is 0 Å². The number of hydrogen-bond acceptors (Lipinski definition) is 4. The lowest BCUT2D eigenvalue weighted by molar-refractivity contribution is -0.111. The van der Waals surface area contributed by atoms with Gasteiger partial charge in [0.1, 0.15) is 5.00 Å². The van der Waals surface area contributed by atoms with Gasteiger partial charge in [-0.15, -0.1) is 11.3 Å². The molecule has 0 aliphatic heterocycles. The summed E-state index contributed by atoms with van der Waals surface area (Å²) in [6, 6.07) is 8.80. The van der Waals surface area contributed by atoms with Crippen molar-refractivity contribution in [2.75, 3.05) is 12.4 Å². The molecule has 1 heterocycles. The molecule has 0 saturated heterocycles. The molecule has 1 amide bonds. The number of methoxy groups -OCH3 is 1. The van der Waals surface area contributed by atoms with E-state index in [9.17, 15) is 9.59 Å². The maximum Gasteiger partial charge on any atom is 0.340 e. The van der Waals surface area contributed by atoms with E-state index in [-0.39, 0.29) is 5.91 Å². The van der Waals surface area contributed by atoms with E-state index in [2.05, 4.69) is 5.32 Å². The van der Waals surface area contributed by atoms with Crippen LogP contribution in [-0.4, -0.2) is 19.0 Å².